The molecular weight excluding hydrogens is 246 g/mol. The Bertz CT molecular complexity index is 618. The lowest BCUT2D eigenvalue weighted by molar-refractivity contribution is 0.332. The Morgan fingerprint density at radius 1 is 1.40 bits per heavy atom. The highest BCUT2D eigenvalue weighted by molar-refractivity contribution is 5.77. The Morgan fingerprint density at radius 2 is 2.20 bits per heavy atom. The summed E-state index contributed by atoms with van der Waals surface area (Å²) < 4.78 is 2.43. The molecule has 1 aliphatic heterocycles. The molecule has 2 aromatic rings. The van der Waals surface area contributed by atoms with E-state index >= 15 is 0 Å². The van der Waals surface area contributed by atoms with Gasteiger partial charge in [0.05, 0.1) is 16.6 Å². The molecule has 1 unspecified atom stereocenters. The minimum atomic E-state index is 0.0667. The first-order valence-electron chi connectivity index (χ1n) is 7.81. The summed E-state index contributed by atoms with van der Waals surface area (Å²) in [7, 11) is 0. The van der Waals surface area contributed by atoms with Crippen molar-refractivity contribution in [2.24, 2.45) is 0 Å². The van der Waals surface area contributed by atoms with Crippen LogP contribution >= 0.6 is 0 Å². The third kappa shape index (κ3) is 1.96. The molecule has 1 aliphatic rings. The van der Waals surface area contributed by atoms with Gasteiger partial charge in [-0.05, 0) is 64.3 Å². The molecule has 108 valence electrons. The number of aromatic nitrogens is 2. The molecule has 1 atom stereocenters. The Hall–Kier alpha value is -1.35. The van der Waals surface area contributed by atoms with Crippen LogP contribution in [0.1, 0.15) is 57.5 Å². The maximum Gasteiger partial charge on any atom is 0.130 e. The summed E-state index contributed by atoms with van der Waals surface area (Å²) in [4.78, 5) is 5.02. The van der Waals surface area contributed by atoms with Gasteiger partial charge in [-0.1, -0.05) is 13.0 Å². The van der Waals surface area contributed by atoms with Gasteiger partial charge < -0.3 is 9.88 Å². The molecule has 3 heteroatoms. The number of nitrogens with one attached hydrogen (secondary N) is 1. The molecule has 0 bridgehead atoms. The second-order valence-corrected chi connectivity index (χ2v) is 6.36. The molecule has 1 fully saturated rings. The number of aryl methyl sites for hydroxylation is 1. The predicted molar refractivity (Wildman–Crippen MR) is 84.1 cm³/mol. The first-order chi connectivity index (χ1) is 9.57. The van der Waals surface area contributed by atoms with E-state index in [1.165, 1.54) is 29.7 Å². The van der Waals surface area contributed by atoms with E-state index in [2.05, 4.69) is 55.8 Å². The molecule has 0 aliphatic carbocycles. The van der Waals surface area contributed by atoms with Crippen molar-refractivity contribution in [2.75, 3.05) is 6.54 Å². The van der Waals surface area contributed by atoms with Crippen LogP contribution in [0.2, 0.25) is 0 Å². The average Bonchev–Trinajstić information content (AvgIpc) is 3.02. The Morgan fingerprint density at radius 3 is 2.80 bits per heavy atom. The lowest BCUT2D eigenvalue weighted by Gasteiger charge is -2.29. The number of rotatable bonds is 3. The molecule has 0 saturated carbocycles. The van der Waals surface area contributed by atoms with Gasteiger partial charge in [-0.2, -0.15) is 0 Å². The summed E-state index contributed by atoms with van der Waals surface area (Å²) in [6.07, 6.45) is 3.54. The van der Waals surface area contributed by atoms with Crippen LogP contribution in [0.3, 0.4) is 0 Å². The topological polar surface area (TPSA) is 29.9 Å². The molecule has 0 amide bonds. The first-order valence-corrected chi connectivity index (χ1v) is 7.81. The molecule has 0 spiro atoms. The maximum atomic E-state index is 5.02. The largest absolute Gasteiger partial charge is 0.324 e. The molecule has 3 nitrogen and oxygen atoms in total. The summed E-state index contributed by atoms with van der Waals surface area (Å²) in [5, 5.41) is 3.72. The second-order valence-electron chi connectivity index (χ2n) is 6.36. The predicted octanol–water partition coefficient (Wildman–Crippen LogP) is 3.91. The third-order valence-electron chi connectivity index (χ3n) is 4.64. The monoisotopic (exact) mass is 271 g/mol. The molecular formula is C17H25N3. The van der Waals surface area contributed by atoms with E-state index in [-0.39, 0.29) is 5.54 Å². The van der Waals surface area contributed by atoms with E-state index in [9.17, 15) is 0 Å². The highest BCUT2D eigenvalue weighted by Crippen LogP contribution is 2.36. The Labute approximate surface area is 121 Å². The van der Waals surface area contributed by atoms with Crippen LogP contribution in [0.4, 0.5) is 0 Å². The van der Waals surface area contributed by atoms with Crippen molar-refractivity contribution in [3.05, 3.63) is 29.6 Å². The van der Waals surface area contributed by atoms with Crippen molar-refractivity contribution < 1.29 is 0 Å². The van der Waals surface area contributed by atoms with Gasteiger partial charge in [0.15, 0.2) is 0 Å². The zero-order valence-electron chi connectivity index (χ0n) is 13.0. The van der Waals surface area contributed by atoms with Gasteiger partial charge in [-0.25, -0.2) is 4.98 Å². The number of fused-ring (bicyclic) bond motifs is 1. The molecule has 1 aromatic carbocycles. The van der Waals surface area contributed by atoms with Crippen molar-refractivity contribution in [3.8, 4) is 0 Å². The number of hydrogen-bond acceptors (Lipinski definition) is 2. The second kappa shape index (κ2) is 4.88. The molecule has 0 radical (unpaired) electrons. The highest BCUT2D eigenvalue weighted by Gasteiger charge is 2.38. The fourth-order valence-electron chi connectivity index (χ4n) is 3.53. The summed E-state index contributed by atoms with van der Waals surface area (Å²) in [5.41, 5.74) is 3.75. The van der Waals surface area contributed by atoms with Crippen molar-refractivity contribution in [1.29, 1.82) is 0 Å². The average molecular weight is 271 g/mol. The van der Waals surface area contributed by atoms with Crippen LogP contribution in [0.15, 0.2) is 18.2 Å². The maximum absolute atomic E-state index is 5.02. The lowest BCUT2D eigenvalue weighted by Crippen LogP contribution is -2.39. The van der Waals surface area contributed by atoms with E-state index in [1.807, 2.05) is 0 Å². The van der Waals surface area contributed by atoms with Crippen molar-refractivity contribution >= 4 is 11.0 Å². The normalized spacial score (nSPS) is 23.1. The van der Waals surface area contributed by atoms with Crippen LogP contribution in [0, 0.1) is 6.92 Å². The standard InChI is InChI=1S/C17H25N3/c1-5-17(9-6-10-18-17)16-19-14-11-13(4)7-8-15(14)20(16)12(2)3/h7-8,11-12,18H,5-6,9-10H2,1-4H3. The number of nitrogens with zero attached hydrogens (tertiary/aromatic N) is 2. The molecule has 1 saturated heterocycles. The first kappa shape index (κ1) is 13.6. The van der Waals surface area contributed by atoms with Gasteiger partial charge in [0.2, 0.25) is 0 Å². The van der Waals surface area contributed by atoms with Crippen molar-refractivity contribution in [2.45, 2.75) is 58.5 Å². The summed E-state index contributed by atoms with van der Waals surface area (Å²) in [6.45, 7) is 10.0. The minimum absolute atomic E-state index is 0.0667. The SMILES string of the molecule is CCC1(c2nc3cc(C)ccc3n2C(C)C)CCCN1. The van der Waals surface area contributed by atoms with Crippen LogP contribution in [-0.4, -0.2) is 16.1 Å². The van der Waals surface area contributed by atoms with Gasteiger partial charge in [-0.15, -0.1) is 0 Å². The molecule has 3 rings (SSSR count). The van der Waals surface area contributed by atoms with Crippen LogP contribution in [0.5, 0.6) is 0 Å². The van der Waals surface area contributed by atoms with Gasteiger partial charge in [0.1, 0.15) is 5.82 Å². The number of hydrogen-bond donors (Lipinski definition) is 1. The van der Waals surface area contributed by atoms with Crippen molar-refractivity contribution in [3.63, 3.8) is 0 Å². The number of benzene rings is 1. The van der Waals surface area contributed by atoms with Gasteiger partial charge >= 0.3 is 0 Å². The van der Waals surface area contributed by atoms with Crippen LogP contribution < -0.4 is 5.32 Å². The van der Waals surface area contributed by atoms with Gasteiger partial charge in [-0.3, -0.25) is 0 Å². The quantitative estimate of drug-likeness (QED) is 0.917. The number of imidazole rings is 1. The smallest absolute Gasteiger partial charge is 0.130 e. The Kier molecular flexibility index (Phi) is 3.33. The lowest BCUT2D eigenvalue weighted by atomic mass is 9.93. The zero-order valence-corrected chi connectivity index (χ0v) is 13.0. The summed E-state index contributed by atoms with van der Waals surface area (Å²) in [6, 6.07) is 7.05. The molecule has 2 heterocycles. The van der Waals surface area contributed by atoms with E-state index in [1.54, 1.807) is 0 Å². The fourth-order valence-corrected chi connectivity index (χ4v) is 3.53. The van der Waals surface area contributed by atoms with E-state index in [0.717, 1.165) is 18.5 Å². The van der Waals surface area contributed by atoms with E-state index in [0.29, 0.717) is 6.04 Å². The molecule has 20 heavy (non-hydrogen) atoms. The highest BCUT2D eigenvalue weighted by atomic mass is 15.2. The van der Waals surface area contributed by atoms with Gasteiger partial charge in [0.25, 0.3) is 0 Å². The third-order valence-corrected chi connectivity index (χ3v) is 4.64. The summed E-state index contributed by atoms with van der Waals surface area (Å²) >= 11 is 0. The van der Waals surface area contributed by atoms with E-state index in [4.69, 9.17) is 4.98 Å². The summed E-state index contributed by atoms with van der Waals surface area (Å²) in [5.74, 6) is 1.23. The zero-order chi connectivity index (χ0) is 14.3. The van der Waals surface area contributed by atoms with Gasteiger partial charge in [0, 0.05) is 6.04 Å². The van der Waals surface area contributed by atoms with Crippen molar-refractivity contribution in [1.82, 2.24) is 14.9 Å². The fraction of sp³-hybridized carbons (Fsp3) is 0.588. The Balaban J connectivity index is 2.26. The molecule has 1 aromatic heterocycles. The van der Waals surface area contributed by atoms with E-state index < -0.39 is 0 Å². The van der Waals surface area contributed by atoms with Crippen LogP contribution in [0.25, 0.3) is 11.0 Å². The van der Waals surface area contributed by atoms with Crippen LogP contribution in [-0.2, 0) is 5.54 Å². The minimum Gasteiger partial charge on any atom is -0.324 e. The molecule has 1 N–H and O–H groups in total.